The summed E-state index contributed by atoms with van der Waals surface area (Å²) < 4.78 is 41.6. The third kappa shape index (κ3) is 3.47. The van der Waals surface area contributed by atoms with Crippen LogP contribution >= 0.6 is 0 Å². The van der Waals surface area contributed by atoms with Crippen LogP contribution in [0.2, 0.25) is 0 Å². The number of hydrogen-bond donors (Lipinski definition) is 1. The first-order valence-electron chi connectivity index (χ1n) is 8.55. The molecule has 2 aromatic rings. The van der Waals surface area contributed by atoms with Crippen LogP contribution in [0.3, 0.4) is 0 Å². The number of rotatable bonds is 2. The van der Waals surface area contributed by atoms with Gasteiger partial charge in [0.1, 0.15) is 11.3 Å². The quantitative estimate of drug-likeness (QED) is 0.850. The Morgan fingerprint density at radius 2 is 1.81 bits per heavy atom. The minimum atomic E-state index is -4.38. The highest BCUT2D eigenvalue weighted by molar-refractivity contribution is 5.94. The van der Waals surface area contributed by atoms with Crippen molar-refractivity contribution in [3.8, 4) is 0 Å². The second-order valence-electron chi connectivity index (χ2n) is 6.79. The van der Waals surface area contributed by atoms with E-state index in [2.05, 4.69) is 10.3 Å². The minimum Gasteiger partial charge on any atom is -0.347 e. The van der Waals surface area contributed by atoms with Gasteiger partial charge in [-0.05, 0) is 25.0 Å². The molecule has 0 radical (unpaired) electrons. The molecule has 0 bridgehead atoms. The molecule has 10 heteroatoms. The maximum atomic E-state index is 13.2. The van der Waals surface area contributed by atoms with E-state index in [0.717, 1.165) is 9.13 Å². The largest absolute Gasteiger partial charge is 0.393 e. The van der Waals surface area contributed by atoms with E-state index < -0.39 is 35.3 Å². The second-order valence-corrected chi connectivity index (χ2v) is 6.79. The lowest BCUT2D eigenvalue weighted by Gasteiger charge is -2.33. The molecule has 2 aromatic heterocycles. The van der Waals surface area contributed by atoms with Crippen molar-refractivity contribution in [3.63, 3.8) is 0 Å². The first-order valence-corrected chi connectivity index (χ1v) is 8.55. The highest BCUT2D eigenvalue weighted by Gasteiger charge is 2.46. The number of hydrogen-bond acceptors (Lipinski definition) is 4. The van der Waals surface area contributed by atoms with Crippen LogP contribution < -0.4 is 16.6 Å². The molecule has 146 valence electrons. The van der Waals surface area contributed by atoms with Crippen molar-refractivity contribution in [2.75, 3.05) is 0 Å². The molecule has 1 amide bonds. The Balaban J connectivity index is 1.94. The Labute approximate surface area is 151 Å². The minimum absolute atomic E-state index is 0.00626. The summed E-state index contributed by atoms with van der Waals surface area (Å²) in [5.41, 5.74) is -1.30. The van der Waals surface area contributed by atoms with E-state index in [0.29, 0.717) is 12.8 Å². The topological polar surface area (TPSA) is 86.0 Å². The Kier molecular flexibility index (Phi) is 4.83. The molecule has 3 rings (SSSR count). The van der Waals surface area contributed by atoms with Crippen LogP contribution in [0.25, 0.3) is 11.0 Å². The summed E-state index contributed by atoms with van der Waals surface area (Å²) in [7, 11) is 2.73. The summed E-state index contributed by atoms with van der Waals surface area (Å²) >= 11 is 0. The number of nitrogens with one attached hydrogen (secondary N) is 1. The van der Waals surface area contributed by atoms with Crippen LogP contribution in [0, 0.1) is 5.92 Å². The summed E-state index contributed by atoms with van der Waals surface area (Å²) in [5.74, 6) is -2.35. The average molecular weight is 384 g/mol. The molecule has 27 heavy (non-hydrogen) atoms. The van der Waals surface area contributed by atoms with E-state index in [4.69, 9.17) is 0 Å². The van der Waals surface area contributed by atoms with Crippen LogP contribution in [0.1, 0.15) is 36.2 Å². The number of aromatic nitrogens is 3. The van der Waals surface area contributed by atoms with Crippen LogP contribution in [-0.4, -0.2) is 32.2 Å². The number of alkyl halides is 3. The number of pyridine rings is 1. The molecule has 0 aliphatic heterocycles. The predicted molar refractivity (Wildman–Crippen MR) is 91.5 cm³/mol. The lowest BCUT2D eigenvalue weighted by molar-refractivity contribution is -0.187. The number of nitrogens with zero attached hydrogens (tertiary/aromatic N) is 3. The van der Waals surface area contributed by atoms with Crippen molar-refractivity contribution in [1.29, 1.82) is 0 Å². The molecule has 1 fully saturated rings. The zero-order chi connectivity index (χ0) is 19.9. The van der Waals surface area contributed by atoms with E-state index in [1.165, 1.54) is 26.2 Å². The maximum Gasteiger partial charge on any atom is 0.393 e. The van der Waals surface area contributed by atoms with Gasteiger partial charge in [-0.3, -0.25) is 18.7 Å². The number of halogens is 3. The molecule has 1 aliphatic carbocycles. The monoisotopic (exact) mass is 384 g/mol. The smallest absolute Gasteiger partial charge is 0.347 e. The molecule has 2 atom stereocenters. The molecule has 1 N–H and O–H groups in total. The molecular weight excluding hydrogens is 365 g/mol. The fourth-order valence-corrected chi connectivity index (χ4v) is 3.52. The van der Waals surface area contributed by atoms with Crippen molar-refractivity contribution in [1.82, 2.24) is 19.4 Å². The maximum absolute atomic E-state index is 13.2. The molecule has 1 saturated carbocycles. The lowest BCUT2D eigenvalue weighted by Crippen LogP contribution is -2.47. The molecule has 2 heterocycles. The zero-order valence-corrected chi connectivity index (χ0v) is 14.8. The average Bonchev–Trinajstić information content (AvgIpc) is 2.63. The van der Waals surface area contributed by atoms with Gasteiger partial charge in [0.15, 0.2) is 0 Å². The Bertz CT molecular complexity index is 1010. The summed E-state index contributed by atoms with van der Waals surface area (Å²) in [6, 6.07) is 1.60. The summed E-state index contributed by atoms with van der Waals surface area (Å²) in [5, 5.41) is 2.57. The lowest BCUT2D eigenvalue weighted by atomic mass is 9.84. The van der Waals surface area contributed by atoms with E-state index in [-0.39, 0.29) is 29.6 Å². The molecule has 0 aromatic carbocycles. The number of fused-ring (bicyclic) bond motifs is 1. The van der Waals surface area contributed by atoms with Gasteiger partial charge in [-0.1, -0.05) is 12.8 Å². The van der Waals surface area contributed by atoms with Crippen molar-refractivity contribution in [2.45, 2.75) is 37.9 Å². The summed E-state index contributed by atoms with van der Waals surface area (Å²) in [4.78, 5) is 40.7. The van der Waals surface area contributed by atoms with Crippen molar-refractivity contribution in [3.05, 3.63) is 38.7 Å². The first-order chi connectivity index (χ1) is 12.6. The van der Waals surface area contributed by atoms with Crippen LogP contribution in [-0.2, 0) is 14.1 Å². The van der Waals surface area contributed by atoms with Gasteiger partial charge in [0.25, 0.3) is 11.5 Å². The van der Waals surface area contributed by atoms with Gasteiger partial charge in [0, 0.05) is 20.1 Å². The highest BCUT2D eigenvalue weighted by atomic mass is 19.4. The van der Waals surface area contributed by atoms with Gasteiger partial charge < -0.3 is 5.32 Å². The fourth-order valence-electron chi connectivity index (χ4n) is 3.52. The van der Waals surface area contributed by atoms with E-state index in [9.17, 15) is 27.6 Å². The number of carbonyl (C=O) groups excluding carboxylic acids is 1. The van der Waals surface area contributed by atoms with Gasteiger partial charge in [-0.25, -0.2) is 9.78 Å². The molecule has 2 unspecified atom stereocenters. The predicted octanol–water partition coefficient (Wildman–Crippen LogP) is 1.48. The highest BCUT2D eigenvalue weighted by Crippen LogP contribution is 2.37. The number of aryl methyl sites for hydroxylation is 1. The van der Waals surface area contributed by atoms with Gasteiger partial charge in [0.05, 0.1) is 11.3 Å². The molecule has 0 spiro atoms. The van der Waals surface area contributed by atoms with Gasteiger partial charge in [-0.2, -0.15) is 13.2 Å². The third-order valence-electron chi connectivity index (χ3n) is 5.04. The summed E-state index contributed by atoms with van der Waals surface area (Å²) in [6.45, 7) is 0. The summed E-state index contributed by atoms with van der Waals surface area (Å²) in [6.07, 6.45) is -3.10. The number of carbonyl (C=O) groups is 1. The van der Waals surface area contributed by atoms with Crippen LogP contribution in [0.4, 0.5) is 13.2 Å². The Morgan fingerprint density at radius 1 is 1.15 bits per heavy atom. The van der Waals surface area contributed by atoms with Crippen LogP contribution in [0.5, 0.6) is 0 Å². The molecule has 7 nitrogen and oxygen atoms in total. The van der Waals surface area contributed by atoms with Crippen molar-refractivity contribution >= 4 is 16.9 Å². The fraction of sp³-hybridized carbons (Fsp3) is 0.529. The van der Waals surface area contributed by atoms with E-state index in [1.54, 1.807) is 0 Å². The number of amides is 1. The van der Waals surface area contributed by atoms with Gasteiger partial charge in [0.2, 0.25) is 0 Å². The zero-order valence-electron chi connectivity index (χ0n) is 14.8. The first kappa shape index (κ1) is 19.1. The van der Waals surface area contributed by atoms with Crippen LogP contribution in [0.15, 0.2) is 21.7 Å². The second kappa shape index (κ2) is 6.82. The Morgan fingerprint density at radius 3 is 2.48 bits per heavy atom. The third-order valence-corrected chi connectivity index (χ3v) is 5.04. The van der Waals surface area contributed by atoms with Crippen molar-refractivity contribution < 1.29 is 18.0 Å². The normalized spacial score (nSPS) is 20.6. The van der Waals surface area contributed by atoms with Gasteiger partial charge >= 0.3 is 11.9 Å². The molecule has 1 aliphatic rings. The molecular formula is C17H19F3N4O3. The SMILES string of the molecule is Cn1c(=O)c2ccc(C(=O)NC3CCCCC3C(F)(F)F)nc2n(C)c1=O. The van der Waals surface area contributed by atoms with E-state index >= 15 is 0 Å². The molecule has 0 saturated heterocycles. The Hall–Kier alpha value is -2.65. The standard InChI is InChI=1S/C17H19F3N4O3/c1-23-13-9(15(26)24(2)16(23)27)7-8-12(21-13)14(25)22-11-6-4-3-5-10(11)17(18,19)20/h7-8,10-11H,3-6H2,1-2H3,(H,22,25). The van der Waals surface area contributed by atoms with Gasteiger partial charge in [-0.15, -0.1) is 0 Å². The van der Waals surface area contributed by atoms with E-state index in [1.807, 2.05) is 0 Å². The van der Waals surface area contributed by atoms with Crippen molar-refractivity contribution in [2.24, 2.45) is 20.0 Å².